The van der Waals surface area contributed by atoms with Crippen molar-refractivity contribution < 1.29 is 29.6 Å². The van der Waals surface area contributed by atoms with Crippen molar-refractivity contribution in [3.8, 4) is 5.75 Å². The van der Waals surface area contributed by atoms with Crippen LogP contribution in [0.2, 0.25) is 0 Å². The van der Waals surface area contributed by atoms with Crippen LogP contribution in [0.3, 0.4) is 0 Å². The average molecular weight is 538 g/mol. The summed E-state index contributed by atoms with van der Waals surface area (Å²) in [5.74, 6) is 0.465. The van der Waals surface area contributed by atoms with E-state index in [-0.39, 0.29) is 47.9 Å². The van der Waals surface area contributed by atoms with Crippen LogP contribution >= 0.6 is 0 Å². The first-order valence-electron chi connectivity index (χ1n) is 14.8. The summed E-state index contributed by atoms with van der Waals surface area (Å²) in [6.07, 6.45) is 5.57. The van der Waals surface area contributed by atoms with Crippen molar-refractivity contribution in [3.05, 3.63) is 41.5 Å². The van der Waals surface area contributed by atoms with Crippen LogP contribution in [-0.4, -0.2) is 68.9 Å². The Balaban J connectivity index is 1.31. The Morgan fingerprint density at radius 2 is 1.72 bits per heavy atom. The van der Waals surface area contributed by atoms with Gasteiger partial charge in [0.05, 0.1) is 24.9 Å². The Labute approximate surface area is 231 Å². The molecule has 4 saturated carbocycles. The van der Waals surface area contributed by atoms with Crippen molar-refractivity contribution in [1.29, 1.82) is 0 Å². The van der Waals surface area contributed by atoms with Gasteiger partial charge < -0.3 is 25.0 Å². The fraction of sp³-hybridized carbons (Fsp3) is 0.688. The minimum absolute atomic E-state index is 0.00468. The molecule has 0 saturated heterocycles. The summed E-state index contributed by atoms with van der Waals surface area (Å²) in [5, 5.41) is 33.4. The van der Waals surface area contributed by atoms with Gasteiger partial charge in [-0.05, 0) is 111 Å². The van der Waals surface area contributed by atoms with E-state index in [1.165, 1.54) is 0 Å². The molecule has 212 valence electrons. The van der Waals surface area contributed by atoms with Crippen LogP contribution in [0, 0.1) is 28.6 Å². The maximum Gasteiger partial charge on any atom is 0.254 e. The maximum absolute atomic E-state index is 13.8. The number of aliphatic hydroxyl groups is 3. The minimum Gasteiger partial charge on any atom is -0.497 e. The molecule has 5 aliphatic rings. The molecular weight excluding hydrogens is 494 g/mol. The number of ether oxygens (including phenoxy) is 1. The Kier molecular flexibility index (Phi) is 6.33. The van der Waals surface area contributed by atoms with Crippen LogP contribution in [0.15, 0.2) is 35.9 Å². The second kappa shape index (κ2) is 9.15. The number of hydrogen-bond acceptors (Lipinski definition) is 6. The van der Waals surface area contributed by atoms with Gasteiger partial charge in [0, 0.05) is 29.0 Å². The normalized spacial score (nSPS) is 42.1. The Morgan fingerprint density at radius 3 is 2.36 bits per heavy atom. The van der Waals surface area contributed by atoms with E-state index in [0.29, 0.717) is 24.2 Å². The summed E-state index contributed by atoms with van der Waals surface area (Å²) < 4.78 is 5.28. The molecule has 0 spiro atoms. The van der Waals surface area contributed by atoms with E-state index < -0.39 is 28.6 Å². The standard InChI is InChI=1S/C32H43NO6/c1-18(33(20-7-8-20)29(37)19-5-9-21(39-4)10-6-19)22-12-14-32(38)24-15-26(34)25-16-27(35)28(36)17-30(25,2)23(24)11-13-31(22,32)3/h5-6,9-10,15,18,20,22-23,25,27-28,35-36,38H,7-8,11-14,16-17H2,1-4H3/t18?,22?,23?,25?,27?,28?,30?,31?,32-/m1/s1. The number of allylic oxidation sites excluding steroid dienone is 1. The zero-order valence-corrected chi connectivity index (χ0v) is 23.6. The first-order valence-corrected chi connectivity index (χ1v) is 14.8. The Bertz CT molecular complexity index is 1190. The van der Waals surface area contributed by atoms with Gasteiger partial charge in [-0.3, -0.25) is 9.59 Å². The van der Waals surface area contributed by atoms with Gasteiger partial charge in [-0.1, -0.05) is 13.8 Å². The van der Waals surface area contributed by atoms with Crippen molar-refractivity contribution in [2.75, 3.05) is 7.11 Å². The summed E-state index contributed by atoms with van der Waals surface area (Å²) >= 11 is 0. The van der Waals surface area contributed by atoms with Crippen LogP contribution in [0.5, 0.6) is 5.75 Å². The lowest BCUT2D eigenvalue weighted by molar-refractivity contribution is -0.153. The molecular formula is C32H43NO6. The molecule has 9 atom stereocenters. The molecule has 0 bridgehead atoms. The van der Waals surface area contributed by atoms with Crippen LogP contribution in [0.1, 0.15) is 82.5 Å². The number of aliphatic hydroxyl groups excluding tert-OH is 2. The zero-order valence-electron chi connectivity index (χ0n) is 23.6. The second-order valence-corrected chi connectivity index (χ2v) is 13.6. The molecule has 7 heteroatoms. The number of hydrogen-bond donors (Lipinski definition) is 3. The van der Waals surface area contributed by atoms with E-state index in [0.717, 1.165) is 37.7 Å². The summed E-state index contributed by atoms with van der Waals surface area (Å²) in [4.78, 5) is 29.3. The molecule has 4 fully saturated rings. The Morgan fingerprint density at radius 1 is 1.03 bits per heavy atom. The van der Waals surface area contributed by atoms with E-state index in [1.807, 2.05) is 24.3 Å². The number of rotatable bonds is 5. The molecule has 5 aliphatic carbocycles. The molecule has 1 aromatic carbocycles. The van der Waals surface area contributed by atoms with Crippen molar-refractivity contribution in [3.63, 3.8) is 0 Å². The van der Waals surface area contributed by atoms with Gasteiger partial charge in [0.2, 0.25) is 0 Å². The number of fused-ring (bicyclic) bond motifs is 5. The van der Waals surface area contributed by atoms with E-state index >= 15 is 0 Å². The fourth-order valence-corrected chi connectivity index (χ4v) is 9.30. The predicted octanol–water partition coefficient (Wildman–Crippen LogP) is 3.89. The van der Waals surface area contributed by atoms with Gasteiger partial charge in [0.1, 0.15) is 5.75 Å². The molecule has 1 amide bonds. The quantitative estimate of drug-likeness (QED) is 0.526. The molecule has 39 heavy (non-hydrogen) atoms. The average Bonchev–Trinajstić information content (AvgIpc) is 3.69. The van der Waals surface area contributed by atoms with Gasteiger partial charge in [-0.2, -0.15) is 0 Å². The van der Waals surface area contributed by atoms with E-state index in [1.54, 1.807) is 13.2 Å². The summed E-state index contributed by atoms with van der Waals surface area (Å²) in [5.41, 5.74) is -0.603. The van der Waals surface area contributed by atoms with Gasteiger partial charge in [-0.25, -0.2) is 0 Å². The second-order valence-electron chi connectivity index (χ2n) is 13.6. The van der Waals surface area contributed by atoms with Crippen LogP contribution in [0.4, 0.5) is 0 Å². The smallest absolute Gasteiger partial charge is 0.254 e. The van der Waals surface area contributed by atoms with Crippen molar-refractivity contribution in [2.24, 2.45) is 28.6 Å². The monoisotopic (exact) mass is 537 g/mol. The molecule has 8 unspecified atom stereocenters. The molecule has 0 radical (unpaired) electrons. The maximum atomic E-state index is 13.8. The van der Waals surface area contributed by atoms with Crippen LogP contribution in [-0.2, 0) is 4.79 Å². The Hall–Kier alpha value is -2.22. The van der Waals surface area contributed by atoms with E-state index in [4.69, 9.17) is 4.74 Å². The number of amides is 1. The zero-order chi connectivity index (χ0) is 27.9. The third kappa shape index (κ3) is 3.86. The first kappa shape index (κ1) is 27.0. The number of carbonyl (C=O) groups excluding carboxylic acids is 2. The number of methoxy groups -OCH3 is 1. The predicted molar refractivity (Wildman–Crippen MR) is 146 cm³/mol. The molecule has 3 N–H and O–H groups in total. The molecule has 0 aliphatic heterocycles. The topological polar surface area (TPSA) is 107 Å². The van der Waals surface area contributed by atoms with Crippen molar-refractivity contribution in [2.45, 2.75) is 102 Å². The third-order valence-electron chi connectivity index (χ3n) is 11.7. The minimum atomic E-state index is -1.13. The largest absolute Gasteiger partial charge is 0.497 e. The van der Waals surface area contributed by atoms with Crippen LogP contribution < -0.4 is 4.74 Å². The van der Waals surface area contributed by atoms with Gasteiger partial charge in [0.25, 0.3) is 5.91 Å². The molecule has 0 heterocycles. The van der Waals surface area contributed by atoms with Crippen molar-refractivity contribution in [1.82, 2.24) is 4.90 Å². The number of ketones is 1. The highest BCUT2D eigenvalue weighted by atomic mass is 16.5. The fourth-order valence-electron chi connectivity index (χ4n) is 9.30. The van der Waals surface area contributed by atoms with Crippen molar-refractivity contribution >= 4 is 11.7 Å². The molecule has 6 rings (SSSR count). The SMILES string of the molecule is COc1ccc(C(=O)N(C2CC2)C(C)C2CC[C@@]3(O)C4=CC(=O)C5CC(O)C(O)CC5(C)C4CCC23C)cc1. The highest BCUT2D eigenvalue weighted by molar-refractivity contribution is 5.95. The highest BCUT2D eigenvalue weighted by Crippen LogP contribution is 2.68. The first-order chi connectivity index (χ1) is 18.4. The van der Waals surface area contributed by atoms with Gasteiger partial charge >= 0.3 is 0 Å². The van der Waals surface area contributed by atoms with Gasteiger partial charge in [-0.15, -0.1) is 0 Å². The lowest BCUT2D eigenvalue weighted by Gasteiger charge is -2.60. The molecule has 7 nitrogen and oxygen atoms in total. The lowest BCUT2D eigenvalue weighted by atomic mass is 9.46. The lowest BCUT2D eigenvalue weighted by Crippen LogP contribution is -2.61. The summed E-state index contributed by atoms with van der Waals surface area (Å²) in [7, 11) is 1.61. The third-order valence-corrected chi connectivity index (χ3v) is 11.7. The highest BCUT2D eigenvalue weighted by Gasteiger charge is 2.67. The van der Waals surface area contributed by atoms with E-state index in [9.17, 15) is 24.9 Å². The number of carbonyl (C=O) groups is 2. The number of benzene rings is 1. The molecule has 0 aromatic heterocycles. The summed E-state index contributed by atoms with van der Waals surface area (Å²) in [6, 6.07) is 7.45. The summed E-state index contributed by atoms with van der Waals surface area (Å²) in [6.45, 7) is 6.38. The van der Waals surface area contributed by atoms with Gasteiger partial charge in [0.15, 0.2) is 5.78 Å². The molecule has 1 aromatic rings. The van der Waals surface area contributed by atoms with E-state index in [2.05, 4.69) is 25.7 Å². The van der Waals surface area contributed by atoms with Crippen LogP contribution in [0.25, 0.3) is 0 Å². The number of nitrogens with zero attached hydrogens (tertiary/aromatic N) is 1.